The minimum absolute atomic E-state index is 0.0366. The van der Waals surface area contributed by atoms with Gasteiger partial charge in [-0.15, -0.1) is 0 Å². The van der Waals surface area contributed by atoms with Crippen molar-refractivity contribution in [1.29, 1.82) is 0 Å². The normalized spacial score (nSPS) is 20.4. The molecule has 1 N–H and O–H groups in total. The molecule has 178 valence electrons. The topological polar surface area (TPSA) is 102 Å². The van der Waals surface area contributed by atoms with Gasteiger partial charge in [0, 0.05) is 17.8 Å². The molecule has 1 aliphatic heterocycles. The molecule has 1 heterocycles. The molecule has 34 heavy (non-hydrogen) atoms. The monoisotopic (exact) mass is 464 g/mol. The minimum atomic E-state index is -1.18. The molecule has 0 unspecified atom stereocenters. The molecule has 2 aromatic rings. The predicted molar refractivity (Wildman–Crippen MR) is 124 cm³/mol. The second kappa shape index (κ2) is 10.5. The number of esters is 1. The van der Waals surface area contributed by atoms with E-state index in [1.54, 1.807) is 61.7 Å². The van der Waals surface area contributed by atoms with Crippen LogP contribution in [0.2, 0.25) is 0 Å². The molecule has 3 atom stereocenters. The standard InChI is InChI=1S/C26H28N2O6/c1-33-19-13-11-18(12-14-19)27-24(30)23(17-7-3-2-4-8-17)34-22(29)15-16-28-25(31)20-9-5-6-10-21(20)26(28)32/h2-4,7-8,11-14,20-21,23H,5-6,9-10,15-16H2,1H3,(H,27,30)/t20-,21+,23-/m0/s1. The summed E-state index contributed by atoms with van der Waals surface area (Å²) in [5.74, 6) is -1.43. The second-order valence-corrected chi connectivity index (χ2v) is 8.57. The molecule has 1 saturated heterocycles. The van der Waals surface area contributed by atoms with E-state index in [0.29, 0.717) is 17.0 Å². The number of carbonyl (C=O) groups excluding carboxylic acids is 4. The Morgan fingerprint density at radius 2 is 1.59 bits per heavy atom. The third-order valence-corrected chi connectivity index (χ3v) is 6.42. The Labute approximate surface area is 198 Å². The van der Waals surface area contributed by atoms with Crippen molar-refractivity contribution in [2.75, 3.05) is 19.0 Å². The van der Waals surface area contributed by atoms with Gasteiger partial charge >= 0.3 is 5.97 Å². The van der Waals surface area contributed by atoms with Crippen LogP contribution in [0, 0.1) is 11.8 Å². The van der Waals surface area contributed by atoms with Gasteiger partial charge in [0.1, 0.15) is 5.75 Å². The Morgan fingerprint density at radius 3 is 2.18 bits per heavy atom. The Hall–Kier alpha value is -3.68. The number of rotatable bonds is 8. The van der Waals surface area contributed by atoms with Crippen LogP contribution in [0.4, 0.5) is 5.69 Å². The number of benzene rings is 2. The fourth-order valence-corrected chi connectivity index (χ4v) is 4.63. The van der Waals surface area contributed by atoms with E-state index >= 15 is 0 Å². The van der Waals surface area contributed by atoms with Gasteiger partial charge in [-0.2, -0.15) is 0 Å². The van der Waals surface area contributed by atoms with Crippen LogP contribution in [0.1, 0.15) is 43.8 Å². The van der Waals surface area contributed by atoms with E-state index in [-0.39, 0.29) is 36.6 Å². The van der Waals surface area contributed by atoms with Gasteiger partial charge in [-0.05, 0) is 37.1 Å². The second-order valence-electron chi connectivity index (χ2n) is 8.57. The highest BCUT2D eigenvalue weighted by molar-refractivity contribution is 6.05. The van der Waals surface area contributed by atoms with Crippen LogP contribution >= 0.6 is 0 Å². The number of hydrogen-bond donors (Lipinski definition) is 1. The lowest BCUT2D eigenvalue weighted by atomic mass is 9.81. The summed E-state index contributed by atoms with van der Waals surface area (Å²) >= 11 is 0. The smallest absolute Gasteiger partial charge is 0.308 e. The lowest BCUT2D eigenvalue weighted by Gasteiger charge is -2.19. The summed E-state index contributed by atoms with van der Waals surface area (Å²) in [7, 11) is 1.55. The summed E-state index contributed by atoms with van der Waals surface area (Å²) in [6.07, 6.45) is 1.98. The third kappa shape index (κ3) is 5.11. The van der Waals surface area contributed by atoms with Gasteiger partial charge in [-0.3, -0.25) is 24.1 Å². The van der Waals surface area contributed by atoms with Crippen LogP contribution < -0.4 is 10.1 Å². The van der Waals surface area contributed by atoms with E-state index < -0.39 is 18.0 Å². The fraction of sp³-hybridized carbons (Fsp3) is 0.385. The Balaban J connectivity index is 1.41. The van der Waals surface area contributed by atoms with E-state index in [4.69, 9.17) is 9.47 Å². The van der Waals surface area contributed by atoms with Crippen molar-refractivity contribution in [2.24, 2.45) is 11.8 Å². The highest BCUT2D eigenvalue weighted by Crippen LogP contribution is 2.38. The maximum absolute atomic E-state index is 13.0. The number of imide groups is 1. The summed E-state index contributed by atoms with van der Waals surface area (Å²) in [6.45, 7) is -0.0366. The first-order valence-corrected chi connectivity index (χ1v) is 11.5. The molecule has 1 aliphatic carbocycles. The number of anilines is 1. The Kier molecular flexibility index (Phi) is 7.25. The van der Waals surface area contributed by atoms with Crippen molar-refractivity contribution in [3.05, 3.63) is 60.2 Å². The Morgan fingerprint density at radius 1 is 0.971 bits per heavy atom. The van der Waals surface area contributed by atoms with Crippen LogP contribution in [-0.4, -0.2) is 42.2 Å². The van der Waals surface area contributed by atoms with E-state index in [1.165, 1.54) is 4.90 Å². The molecular weight excluding hydrogens is 436 g/mol. The largest absolute Gasteiger partial charge is 0.497 e. The van der Waals surface area contributed by atoms with Crippen molar-refractivity contribution in [3.8, 4) is 5.75 Å². The van der Waals surface area contributed by atoms with Gasteiger partial charge in [0.05, 0.1) is 25.4 Å². The van der Waals surface area contributed by atoms with Crippen molar-refractivity contribution in [3.63, 3.8) is 0 Å². The van der Waals surface area contributed by atoms with Gasteiger partial charge in [-0.25, -0.2) is 0 Å². The minimum Gasteiger partial charge on any atom is -0.497 e. The average molecular weight is 465 g/mol. The molecular formula is C26H28N2O6. The summed E-state index contributed by atoms with van der Waals surface area (Å²) in [5, 5.41) is 2.75. The molecule has 2 aliphatic rings. The van der Waals surface area contributed by atoms with Gasteiger partial charge in [0.15, 0.2) is 0 Å². The number of nitrogens with zero attached hydrogens (tertiary/aromatic N) is 1. The lowest BCUT2D eigenvalue weighted by Crippen LogP contribution is -2.34. The predicted octanol–water partition coefficient (Wildman–Crippen LogP) is 3.48. The summed E-state index contributed by atoms with van der Waals surface area (Å²) in [5.41, 5.74) is 1.04. The fourth-order valence-electron chi connectivity index (χ4n) is 4.63. The van der Waals surface area contributed by atoms with Crippen LogP contribution in [-0.2, 0) is 23.9 Å². The lowest BCUT2D eigenvalue weighted by molar-refractivity contribution is -0.155. The van der Waals surface area contributed by atoms with Crippen LogP contribution in [0.5, 0.6) is 5.75 Å². The zero-order valence-electron chi connectivity index (χ0n) is 19.1. The average Bonchev–Trinajstić information content (AvgIpc) is 3.11. The molecule has 4 rings (SSSR count). The number of methoxy groups -OCH3 is 1. The maximum Gasteiger partial charge on any atom is 0.308 e. The zero-order valence-corrected chi connectivity index (χ0v) is 19.1. The van der Waals surface area contributed by atoms with Gasteiger partial charge in [-0.1, -0.05) is 43.2 Å². The molecule has 0 bridgehead atoms. The summed E-state index contributed by atoms with van der Waals surface area (Å²) < 4.78 is 10.7. The van der Waals surface area contributed by atoms with Crippen LogP contribution in [0.25, 0.3) is 0 Å². The number of amides is 3. The van der Waals surface area contributed by atoms with E-state index in [9.17, 15) is 19.2 Å². The van der Waals surface area contributed by atoms with Crippen LogP contribution in [0.3, 0.4) is 0 Å². The van der Waals surface area contributed by atoms with E-state index in [0.717, 1.165) is 25.7 Å². The molecule has 0 radical (unpaired) electrons. The quantitative estimate of drug-likeness (QED) is 0.474. The first-order valence-electron chi connectivity index (χ1n) is 11.5. The first kappa shape index (κ1) is 23.5. The highest BCUT2D eigenvalue weighted by atomic mass is 16.5. The molecule has 8 heteroatoms. The molecule has 8 nitrogen and oxygen atoms in total. The molecule has 0 spiro atoms. The number of carbonyl (C=O) groups is 4. The number of hydrogen-bond acceptors (Lipinski definition) is 6. The molecule has 1 saturated carbocycles. The highest BCUT2D eigenvalue weighted by Gasteiger charge is 2.47. The van der Waals surface area contributed by atoms with Crippen LogP contribution in [0.15, 0.2) is 54.6 Å². The number of ether oxygens (including phenoxy) is 2. The van der Waals surface area contributed by atoms with Crippen molar-refractivity contribution >= 4 is 29.4 Å². The number of likely N-dealkylation sites (tertiary alicyclic amines) is 1. The van der Waals surface area contributed by atoms with Crippen molar-refractivity contribution in [1.82, 2.24) is 4.90 Å². The summed E-state index contributed by atoms with van der Waals surface area (Å²) in [4.78, 5) is 52.2. The van der Waals surface area contributed by atoms with Gasteiger partial charge in [0.25, 0.3) is 5.91 Å². The zero-order chi connectivity index (χ0) is 24.1. The molecule has 3 amide bonds. The third-order valence-electron chi connectivity index (χ3n) is 6.42. The molecule has 2 aromatic carbocycles. The van der Waals surface area contributed by atoms with Gasteiger partial charge in [0.2, 0.25) is 17.9 Å². The SMILES string of the molecule is COc1ccc(NC(=O)[C@@H](OC(=O)CCN2C(=O)[C@H]3CCCC[C@H]3C2=O)c2ccccc2)cc1. The Bertz CT molecular complexity index is 1030. The summed E-state index contributed by atoms with van der Waals surface area (Å²) in [6, 6.07) is 15.5. The molecule has 2 fully saturated rings. The maximum atomic E-state index is 13.0. The van der Waals surface area contributed by atoms with Gasteiger partial charge < -0.3 is 14.8 Å². The van der Waals surface area contributed by atoms with E-state index in [2.05, 4.69) is 5.32 Å². The van der Waals surface area contributed by atoms with Crippen molar-refractivity contribution in [2.45, 2.75) is 38.2 Å². The number of fused-ring (bicyclic) bond motifs is 1. The number of nitrogens with one attached hydrogen (secondary N) is 1. The van der Waals surface area contributed by atoms with E-state index in [1.807, 2.05) is 0 Å². The first-order chi connectivity index (χ1) is 16.5. The van der Waals surface area contributed by atoms with Crippen molar-refractivity contribution < 1.29 is 28.7 Å². The molecule has 0 aromatic heterocycles.